The first-order valence-electron chi connectivity index (χ1n) is 7.38. The highest BCUT2D eigenvalue weighted by molar-refractivity contribution is 5.90. The van der Waals surface area contributed by atoms with E-state index in [-0.39, 0.29) is 24.5 Å². The molecule has 1 heterocycles. The van der Waals surface area contributed by atoms with Crippen molar-refractivity contribution in [3.8, 4) is 0 Å². The molecule has 1 atom stereocenters. The van der Waals surface area contributed by atoms with E-state index in [0.29, 0.717) is 19.4 Å². The number of esters is 1. The Balaban J connectivity index is 2.05. The fourth-order valence-corrected chi connectivity index (χ4v) is 1.89. The number of hydrogen-bond acceptors (Lipinski definition) is 5. The highest BCUT2D eigenvalue weighted by Gasteiger charge is 2.12. The molecule has 5 heteroatoms. The van der Waals surface area contributed by atoms with E-state index in [1.165, 1.54) is 13.2 Å². The van der Waals surface area contributed by atoms with Gasteiger partial charge in [-0.15, -0.1) is 0 Å². The van der Waals surface area contributed by atoms with Gasteiger partial charge in [-0.1, -0.05) is 18.2 Å². The van der Waals surface area contributed by atoms with E-state index >= 15 is 0 Å². The average Bonchev–Trinajstić information content (AvgIpc) is 2.51. The van der Waals surface area contributed by atoms with Crippen LogP contribution >= 0.6 is 0 Å². The molecule has 0 aromatic heterocycles. The van der Waals surface area contributed by atoms with E-state index in [4.69, 9.17) is 9.47 Å². The van der Waals surface area contributed by atoms with Gasteiger partial charge in [0, 0.05) is 19.4 Å². The monoisotopic (exact) mass is 296 g/mol. The van der Waals surface area contributed by atoms with Crippen LogP contribution in [0, 0.1) is 0 Å². The molecule has 1 rings (SSSR count). The topological polar surface area (TPSA) is 61.8 Å². The molecular weight excluding hydrogens is 272 g/mol. The maximum Gasteiger partial charge on any atom is 0.305 e. The van der Waals surface area contributed by atoms with Crippen LogP contribution in [0.5, 0.6) is 0 Å². The molecule has 0 N–H and O–H groups in total. The molecule has 1 unspecified atom stereocenters. The Morgan fingerprint density at radius 1 is 1.24 bits per heavy atom. The second-order valence-corrected chi connectivity index (χ2v) is 4.81. The lowest BCUT2D eigenvalue weighted by Gasteiger charge is -2.21. The van der Waals surface area contributed by atoms with Gasteiger partial charge in [0.25, 0.3) is 0 Å². The molecule has 1 aliphatic heterocycles. The predicted molar refractivity (Wildman–Crippen MR) is 78.7 cm³/mol. The van der Waals surface area contributed by atoms with Gasteiger partial charge in [0.2, 0.25) is 0 Å². The highest BCUT2D eigenvalue weighted by atomic mass is 16.7. The Labute approximate surface area is 125 Å². The summed E-state index contributed by atoms with van der Waals surface area (Å²) in [6.07, 6.45) is 11.1. The molecule has 0 spiro atoms. The Bertz CT molecular complexity index is 367. The van der Waals surface area contributed by atoms with Crippen molar-refractivity contribution < 1.29 is 23.8 Å². The first-order valence-corrected chi connectivity index (χ1v) is 7.38. The van der Waals surface area contributed by atoms with Gasteiger partial charge in [0.05, 0.1) is 13.7 Å². The van der Waals surface area contributed by atoms with Gasteiger partial charge in [0.15, 0.2) is 12.1 Å². The van der Waals surface area contributed by atoms with Crippen LogP contribution in [0.15, 0.2) is 24.3 Å². The predicted octanol–water partition coefficient (Wildman–Crippen LogP) is 2.55. The molecule has 0 radical (unpaired) electrons. The van der Waals surface area contributed by atoms with Crippen molar-refractivity contribution in [2.45, 2.75) is 44.8 Å². The summed E-state index contributed by atoms with van der Waals surface area (Å²) in [6, 6.07) is 0. The molecule has 1 aliphatic rings. The normalized spacial score (nSPS) is 19.2. The van der Waals surface area contributed by atoms with Crippen LogP contribution in [-0.4, -0.2) is 38.4 Å². The summed E-state index contributed by atoms with van der Waals surface area (Å²) < 4.78 is 15.4. The number of methoxy groups -OCH3 is 1. The highest BCUT2D eigenvalue weighted by Crippen LogP contribution is 2.13. The van der Waals surface area contributed by atoms with Crippen LogP contribution in [0.1, 0.15) is 38.5 Å². The van der Waals surface area contributed by atoms with Gasteiger partial charge in [-0.3, -0.25) is 9.59 Å². The van der Waals surface area contributed by atoms with Gasteiger partial charge in [-0.2, -0.15) is 0 Å². The first-order chi connectivity index (χ1) is 10.2. The third kappa shape index (κ3) is 9.15. The standard InChI is InChI=1S/C16H24O5/c1-19-15(18)10-7-9-14(17)8-3-2-5-12-20-16-11-4-6-13-21-16/h2-3,5,8,16H,4,6-7,9-13H2,1H3. The Hall–Kier alpha value is -1.46. The maximum atomic E-state index is 11.5. The quantitative estimate of drug-likeness (QED) is 0.372. The number of ketones is 1. The van der Waals surface area contributed by atoms with E-state index in [0.717, 1.165) is 25.9 Å². The second kappa shape index (κ2) is 11.2. The molecule has 1 fully saturated rings. The summed E-state index contributed by atoms with van der Waals surface area (Å²) in [7, 11) is 1.34. The van der Waals surface area contributed by atoms with Gasteiger partial charge in [-0.25, -0.2) is 0 Å². The molecule has 21 heavy (non-hydrogen) atoms. The third-order valence-electron chi connectivity index (χ3n) is 3.08. The molecule has 5 nitrogen and oxygen atoms in total. The van der Waals surface area contributed by atoms with Crippen molar-refractivity contribution in [1.29, 1.82) is 0 Å². The summed E-state index contributed by atoms with van der Waals surface area (Å²) in [5, 5.41) is 0. The molecule has 0 aromatic rings. The second-order valence-electron chi connectivity index (χ2n) is 4.81. The largest absolute Gasteiger partial charge is 0.469 e. The number of ether oxygens (including phenoxy) is 3. The zero-order valence-electron chi connectivity index (χ0n) is 12.6. The van der Waals surface area contributed by atoms with Crippen LogP contribution in [0.25, 0.3) is 0 Å². The summed E-state index contributed by atoms with van der Waals surface area (Å²) >= 11 is 0. The molecule has 0 amide bonds. The lowest BCUT2D eigenvalue weighted by molar-refractivity contribution is -0.155. The number of carbonyl (C=O) groups excluding carboxylic acids is 2. The minimum Gasteiger partial charge on any atom is -0.469 e. The maximum absolute atomic E-state index is 11.5. The smallest absolute Gasteiger partial charge is 0.305 e. The minimum atomic E-state index is -0.284. The van der Waals surface area contributed by atoms with E-state index < -0.39 is 0 Å². The van der Waals surface area contributed by atoms with Crippen molar-refractivity contribution in [3.05, 3.63) is 24.3 Å². The summed E-state index contributed by atoms with van der Waals surface area (Å²) in [4.78, 5) is 22.3. The van der Waals surface area contributed by atoms with Gasteiger partial charge >= 0.3 is 5.97 Å². The first kappa shape index (κ1) is 17.6. The SMILES string of the molecule is COC(=O)CCCC(=O)C=CC=CCOC1CCCCO1. The fraction of sp³-hybridized carbons (Fsp3) is 0.625. The molecular formula is C16H24O5. The number of carbonyl (C=O) groups is 2. The Morgan fingerprint density at radius 3 is 2.81 bits per heavy atom. The van der Waals surface area contributed by atoms with Crippen LogP contribution in [-0.2, 0) is 23.8 Å². The summed E-state index contributed by atoms with van der Waals surface area (Å²) in [5.41, 5.74) is 0. The van der Waals surface area contributed by atoms with E-state index in [9.17, 15) is 9.59 Å². The lowest BCUT2D eigenvalue weighted by Crippen LogP contribution is -2.22. The van der Waals surface area contributed by atoms with Crippen LogP contribution in [0.3, 0.4) is 0 Å². The zero-order chi connectivity index (χ0) is 15.3. The Morgan fingerprint density at radius 2 is 2.10 bits per heavy atom. The number of rotatable bonds is 9. The van der Waals surface area contributed by atoms with Gasteiger partial charge in [0.1, 0.15) is 0 Å². The van der Waals surface area contributed by atoms with E-state index in [2.05, 4.69) is 4.74 Å². The van der Waals surface area contributed by atoms with Crippen molar-refractivity contribution >= 4 is 11.8 Å². The third-order valence-corrected chi connectivity index (χ3v) is 3.08. The van der Waals surface area contributed by atoms with Gasteiger partial charge < -0.3 is 14.2 Å². The molecule has 0 aromatic carbocycles. The molecule has 118 valence electrons. The molecule has 0 saturated carbocycles. The number of hydrogen-bond donors (Lipinski definition) is 0. The van der Waals surface area contributed by atoms with E-state index in [1.807, 2.05) is 6.08 Å². The van der Waals surface area contributed by atoms with E-state index in [1.54, 1.807) is 12.2 Å². The van der Waals surface area contributed by atoms with Crippen molar-refractivity contribution in [1.82, 2.24) is 0 Å². The molecule has 1 saturated heterocycles. The van der Waals surface area contributed by atoms with Crippen LogP contribution in [0.2, 0.25) is 0 Å². The lowest BCUT2D eigenvalue weighted by atomic mass is 10.1. The van der Waals surface area contributed by atoms with Crippen molar-refractivity contribution in [3.63, 3.8) is 0 Å². The molecule has 0 bridgehead atoms. The summed E-state index contributed by atoms with van der Waals surface area (Å²) in [6.45, 7) is 1.25. The zero-order valence-corrected chi connectivity index (χ0v) is 12.6. The average molecular weight is 296 g/mol. The Kier molecular flexibility index (Phi) is 9.40. The number of allylic oxidation sites excluding steroid dienone is 3. The van der Waals surface area contributed by atoms with Crippen molar-refractivity contribution in [2.75, 3.05) is 20.3 Å². The van der Waals surface area contributed by atoms with Crippen LogP contribution < -0.4 is 0 Å². The summed E-state index contributed by atoms with van der Waals surface area (Å²) in [5.74, 6) is -0.283. The van der Waals surface area contributed by atoms with Crippen LogP contribution in [0.4, 0.5) is 0 Å². The minimum absolute atomic E-state index is 0.0000790. The fourth-order valence-electron chi connectivity index (χ4n) is 1.89. The van der Waals surface area contributed by atoms with Crippen molar-refractivity contribution in [2.24, 2.45) is 0 Å². The molecule has 0 aliphatic carbocycles. The van der Waals surface area contributed by atoms with Gasteiger partial charge in [-0.05, 0) is 31.8 Å².